The molecular weight excluding hydrogens is 301 g/mol. The van der Waals surface area contributed by atoms with E-state index in [1.807, 2.05) is 0 Å². The number of hydrogen-bond acceptors (Lipinski definition) is 2. The molecule has 0 aliphatic heterocycles. The molecule has 0 fully saturated rings. The smallest absolute Gasteiger partial charge is 0.261 e. The standard InChI is InChI=1S/C17H20FNO2S/c1-12(2)10-14-5-7-15(8-6-14)22(20,21)19-17-11-13(3)4-9-16(17)18/h4-9,11-12,19H,10H2,1-3H3. The Hall–Kier alpha value is -1.88. The maximum Gasteiger partial charge on any atom is 0.261 e. The summed E-state index contributed by atoms with van der Waals surface area (Å²) in [5.74, 6) is -0.0902. The Balaban J connectivity index is 2.25. The van der Waals surface area contributed by atoms with Crippen LogP contribution in [-0.2, 0) is 16.4 Å². The lowest BCUT2D eigenvalue weighted by molar-refractivity contribution is 0.598. The zero-order valence-electron chi connectivity index (χ0n) is 12.9. The van der Waals surface area contributed by atoms with Crippen LogP contribution in [0.5, 0.6) is 0 Å². The van der Waals surface area contributed by atoms with Gasteiger partial charge in [0.05, 0.1) is 10.6 Å². The summed E-state index contributed by atoms with van der Waals surface area (Å²) in [4.78, 5) is 0.126. The van der Waals surface area contributed by atoms with Gasteiger partial charge in [0.1, 0.15) is 5.82 Å². The lowest BCUT2D eigenvalue weighted by Crippen LogP contribution is -2.14. The number of benzene rings is 2. The predicted molar refractivity (Wildman–Crippen MR) is 86.9 cm³/mol. The number of sulfonamides is 1. The van der Waals surface area contributed by atoms with Crippen molar-refractivity contribution in [2.75, 3.05) is 4.72 Å². The van der Waals surface area contributed by atoms with Crippen molar-refractivity contribution in [2.45, 2.75) is 32.1 Å². The average molecular weight is 321 g/mol. The molecule has 5 heteroatoms. The Morgan fingerprint density at radius 1 is 1.09 bits per heavy atom. The van der Waals surface area contributed by atoms with Crippen molar-refractivity contribution in [1.82, 2.24) is 0 Å². The number of hydrogen-bond donors (Lipinski definition) is 1. The zero-order valence-corrected chi connectivity index (χ0v) is 13.7. The van der Waals surface area contributed by atoms with Crippen molar-refractivity contribution in [1.29, 1.82) is 0 Å². The zero-order chi connectivity index (χ0) is 16.3. The highest BCUT2D eigenvalue weighted by atomic mass is 32.2. The van der Waals surface area contributed by atoms with Gasteiger partial charge in [-0.3, -0.25) is 4.72 Å². The Labute approximate surface area is 131 Å². The Morgan fingerprint density at radius 2 is 1.73 bits per heavy atom. The molecule has 0 radical (unpaired) electrons. The quantitative estimate of drug-likeness (QED) is 0.900. The monoisotopic (exact) mass is 321 g/mol. The van der Waals surface area contributed by atoms with Crippen LogP contribution in [0.4, 0.5) is 10.1 Å². The maximum absolute atomic E-state index is 13.7. The van der Waals surface area contributed by atoms with Crippen LogP contribution in [0.25, 0.3) is 0 Å². The molecule has 118 valence electrons. The minimum Gasteiger partial charge on any atom is -0.277 e. The Bertz CT molecular complexity index is 753. The van der Waals surface area contributed by atoms with Gasteiger partial charge >= 0.3 is 0 Å². The van der Waals surface area contributed by atoms with Gasteiger partial charge in [-0.2, -0.15) is 0 Å². The van der Waals surface area contributed by atoms with Crippen LogP contribution in [0.3, 0.4) is 0 Å². The van der Waals surface area contributed by atoms with E-state index in [2.05, 4.69) is 18.6 Å². The summed E-state index contributed by atoms with van der Waals surface area (Å²) in [6, 6.07) is 11.0. The summed E-state index contributed by atoms with van der Waals surface area (Å²) in [5.41, 5.74) is 1.83. The Kier molecular flexibility index (Phi) is 4.86. The maximum atomic E-state index is 13.7. The fraction of sp³-hybridized carbons (Fsp3) is 0.294. The number of nitrogens with one attached hydrogen (secondary N) is 1. The number of anilines is 1. The fourth-order valence-corrected chi connectivity index (χ4v) is 3.26. The van der Waals surface area contributed by atoms with Crippen LogP contribution in [0.1, 0.15) is 25.0 Å². The molecule has 0 heterocycles. The lowest BCUT2D eigenvalue weighted by atomic mass is 10.0. The highest BCUT2D eigenvalue weighted by molar-refractivity contribution is 7.92. The number of aryl methyl sites for hydroxylation is 1. The first kappa shape index (κ1) is 16.5. The first-order valence-corrected chi connectivity index (χ1v) is 8.64. The molecule has 0 aromatic heterocycles. The molecule has 0 spiro atoms. The third-order valence-electron chi connectivity index (χ3n) is 3.24. The van der Waals surface area contributed by atoms with Gasteiger partial charge in [0.25, 0.3) is 10.0 Å². The number of rotatable bonds is 5. The van der Waals surface area contributed by atoms with Crippen molar-refractivity contribution < 1.29 is 12.8 Å². The minimum absolute atomic E-state index is 0.0359. The van der Waals surface area contributed by atoms with Crippen LogP contribution in [0, 0.1) is 18.7 Å². The minimum atomic E-state index is -3.79. The van der Waals surface area contributed by atoms with E-state index >= 15 is 0 Å². The lowest BCUT2D eigenvalue weighted by Gasteiger charge is -2.11. The summed E-state index contributed by atoms with van der Waals surface area (Å²) in [6.45, 7) is 5.98. The van der Waals surface area contributed by atoms with Crippen molar-refractivity contribution in [3.8, 4) is 0 Å². The molecule has 22 heavy (non-hydrogen) atoms. The van der Waals surface area contributed by atoms with E-state index in [4.69, 9.17) is 0 Å². The summed E-state index contributed by atoms with van der Waals surface area (Å²) in [5, 5.41) is 0. The van der Waals surface area contributed by atoms with E-state index in [1.165, 1.54) is 12.1 Å². The van der Waals surface area contributed by atoms with E-state index in [0.29, 0.717) is 5.92 Å². The molecular formula is C17H20FNO2S. The fourth-order valence-electron chi connectivity index (χ4n) is 2.20. The van der Waals surface area contributed by atoms with E-state index < -0.39 is 15.8 Å². The largest absolute Gasteiger partial charge is 0.277 e. The molecule has 0 aliphatic rings. The van der Waals surface area contributed by atoms with Crippen molar-refractivity contribution in [2.24, 2.45) is 5.92 Å². The average Bonchev–Trinajstić information content (AvgIpc) is 2.42. The second-order valence-electron chi connectivity index (χ2n) is 5.83. The van der Waals surface area contributed by atoms with E-state index in [0.717, 1.165) is 17.5 Å². The molecule has 2 rings (SSSR count). The first-order valence-electron chi connectivity index (χ1n) is 7.16. The molecule has 0 atom stereocenters. The molecule has 0 bridgehead atoms. The van der Waals surface area contributed by atoms with Crippen LogP contribution in [-0.4, -0.2) is 8.42 Å². The third kappa shape index (κ3) is 4.07. The van der Waals surface area contributed by atoms with E-state index in [9.17, 15) is 12.8 Å². The normalized spacial score (nSPS) is 11.7. The molecule has 0 amide bonds. The molecule has 1 N–H and O–H groups in total. The second-order valence-corrected chi connectivity index (χ2v) is 7.51. The number of halogens is 1. The van der Waals surface area contributed by atoms with Gasteiger partial charge in [0, 0.05) is 0 Å². The molecule has 3 nitrogen and oxygen atoms in total. The van der Waals surface area contributed by atoms with Gasteiger partial charge in [0.15, 0.2) is 0 Å². The SMILES string of the molecule is Cc1ccc(F)c(NS(=O)(=O)c2ccc(CC(C)C)cc2)c1. The van der Waals surface area contributed by atoms with E-state index in [-0.39, 0.29) is 10.6 Å². The summed E-state index contributed by atoms with van der Waals surface area (Å²) in [7, 11) is -3.79. The van der Waals surface area contributed by atoms with Gasteiger partial charge < -0.3 is 0 Å². The summed E-state index contributed by atoms with van der Waals surface area (Å²) < 4.78 is 40.6. The van der Waals surface area contributed by atoms with Gasteiger partial charge in [-0.15, -0.1) is 0 Å². The summed E-state index contributed by atoms with van der Waals surface area (Å²) >= 11 is 0. The molecule has 2 aromatic carbocycles. The van der Waals surface area contributed by atoms with Crippen molar-refractivity contribution in [3.63, 3.8) is 0 Å². The third-order valence-corrected chi connectivity index (χ3v) is 4.63. The van der Waals surface area contributed by atoms with Crippen LogP contribution < -0.4 is 4.72 Å². The second kappa shape index (κ2) is 6.48. The van der Waals surface area contributed by atoms with E-state index in [1.54, 1.807) is 37.3 Å². The van der Waals surface area contributed by atoms with Crippen LogP contribution in [0.15, 0.2) is 47.4 Å². The molecule has 0 aliphatic carbocycles. The van der Waals surface area contributed by atoms with Gasteiger partial charge in [-0.25, -0.2) is 12.8 Å². The topological polar surface area (TPSA) is 46.2 Å². The van der Waals surface area contributed by atoms with Crippen molar-refractivity contribution in [3.05, 3.63) is 59.4 Å². The van der Waals surface area contributed by atoms with Gasteiger partial charge in [-0.05, 0) is 54.7 Å². The highest BCUT2D eigenvalue weighted by Crippen LogP contribution is 2.21. The predicted octanol–water partition coefficient (Wildman–Crippen LogP) is 4.13. The van der Waals surface area contributed by atoms with Crippen molar-refractivity contribution >= 4 is 15.7 Å². The molecule has 0 saturated carbocycles. The van der Waals surface area contributed by atoms with Gasteiger partial charge in [0.2, 0.25) is 0 Å². The Morgan fingerprint density at radius 3 is 2.32 bits per heavy atom. The summed E-state index contributed by atoms with van der Waals surface area (Å²) in [6.07, 6.45) is 0.889. The highest BCUT2D eigenvalue weighted by Gasteiger charge is 2.16. The van der Waals surface area contributed by atoms with Crippen LogP contribution >= 0.6 is 0 Å². The van der Waals surface area contributed by atoms with Crippen LogP contribution in [0.2, 0.25) is 0 Å². The molecule has 2 aromatic rings. The first-order chi connectivity index (χ1) is 10.3. The molecule has 0 unspecified atom stereocenters. The van der Waals surface area contributed by atoms with Gasteiger partial charge in [-0.1, -0.05) is 32.0 Å². The molecule has 0 saturated heterocycles.